The zero-order valence-electron chi connectivity index (χ0n) is 7.88. The Morgan fingerprint density at radius 3 is 2.67 bits per heavy atom. The van der Waals surface area contributed by atoms with E-state index in [0.29, 0.717) is 6.42 Å². The second kappa shape index (κ2) is 7.06. The van der Waals surface area contributed by atoms with Gasteiger partial charge in [0.15, 0.2) is 0 Å². The van der Waals surface area contributed by atoms with Crippen molar-refractivity contribution >= 4 is 5.91 Å². The predicted octanol–water partition coefficient (Wildman–Crippen LogP) is -0.170. The molecule has 4 heteroatoms. The molecule has 4 nitrogen and oxygen atoms in total. The van der Waals surface area contributed by atoms with Gasteiger partial charge >= 0.3 is 0 Å². The third-order valence-electron chi connectivity index (χ3n) is 1.64. The minimum absolute atomic E-state index is 0.227. The molecule has 0 rings (SSSR count). The van der Waals surface area contributed by atoms with Crippen molar-refractivity contribution in [3.63, 3.8) is 0 Å². The average molecular weight is 174 g/mol. The Hall–Kier alpha value is -0.610. The van der Waals surface area contributed by atoms with Crippen LogP contribution in [-0.4, -0.2) is 44.7 Å². The minimum Gasteiger partial charge on any atom is -0.383 e. The molecule has 0 unspecified atom stereocenters. The van der Waals surface area contributed by atoms with Gasteiger partial charge in [0.05, 0.1) is 6.61 Å². The lowest BCUT2D eigenvalue weighted by atomic mass is 10.3. The Morgan fingerprint density at radius 2 is 2.17 bits per heavy atom. The number of ether oxygens (including phenoxy) is 1. The summed E-state index contributed by atoms with van der Waals surface area (Å²) < 4.78 is 4.91. The van der Waals surface area contributed by atoms with E-state index < -0.39 is 0 Å². The average Bonchev–Trinajstić information content (AvgIpc) is 2.00. The Labute approximate surface area is 73.7 Å². The van der Waals surface area contributed by atoms with Gasteiger partial charge in [-0.3, -0.25) is 4.79 Å². The summed E-state index contributed by atoms with van der Waals surface area (Å²) in [5.41, 5.74) is 5.00. The predicted molar refractivity (Wildman–Crippen MR) is 47.8 cm³/mol. The van der Waals surface area contributed by atoms with Gasteiger partial charge in [-0.05, 0) is 20.0 Å². The van der Waals surface area contributed by atoms with Crippen LogP contribution in [0.2, 0.25) is 0 Å². The van der Waals surface area contributed by atoms with E-state index in [1.807, 2.05) is 7.05 Å². The first kappa shape index (κ1) is 11.4. The van der Waals surface area contributed by atoms with Crippen molar-refractivity contribution in [2.75, 3.05) is 33.9 Å². The van der Waals surface area contributed by atoms with E-state index in [0.717, 1.165) is 26.1 Å². The molecule has 0 aliphatic heterocycles. The first-order valence-electron chi connectivity index (χ1n) is 4.12. The zero-order chi connectivity index (χ0) is 9.40. The lowest BCUT2D eigenvalue weighted by Gasteiger charge is -2.14. The molecule has 0 fully saturated rings. The highest BCUT2D eigenvalue weighted by molar-refractivity contribution is 5.73. The highest BCUT2D eigenvalue weighted by atomic mass is 16.5. The molecule has 0 radical (unpaired) electrons. The summed E-state index contributed by atoms with van der Waals surface area (Å²) in [6.07, 6.45) is 1.30. The summed E-state index contributed by atoms with van der Waals surface area (Å²) in [6, 6.07) is 0. The van der Waals surface area contributed by atoms with Gasteiger partial charge in [-0.15, -0.1) is 0 Å². The fourth-order valence-electron chi connectivity index (χ4n) is 0.882. The number of primary amides is 1. The number of nitrogens with zero attached hydrogens (tertiary/aromatic N) is 1. The number of hydrogen-bond acceptors (Lipinski definition) is 3. The summed E-state index contributed by atoms with van der Waals surface area (Å²) in [4.78, 5) is 12.5. The quantitative estimate of drug-likeness (QED) is 0.583. The van der Waals surface area contributed by atoms with Crippen molar-refractivity contribution in [3.05, 3.63) is 0 Å². The molecule has 2 N–H and O–H groups in total. The molecule has 0 aromatic carbocycles. The van der Waals surface area contributed by atoms with Crippen molar-refractivity contribution in [1.29, 1.82) is 0 Å². The molecule has 0 aromatic heterocycles. The molecule has 0 bridgehead atoms. The van der Waals surface area contributed by atoms with Gasteiger partial charge < -0.3 is 15.4 Å². The summed E-state index contributed by atoms with van der Waals surface area (Å²) in [5.74, 6) is -0.227. The highest BCUT2D eigenvalue weighted by Crippen LogP contribution is 1.91. The summed E-state index contributed by atoms with van der Waals surface area (Å²) >= 11 is 0. The number of amides is 1. The standard InChI is InChI=1S/C8H18N2O2/c1-10(6-7-12-2)5-3-4-8(9)11/h3-7H2,1-2H3,(H2,9,11). The fourth-order valence-corrected chi connectivity index (χ4v) is 0.882. The monoisotopic (exact) mass is 174 g/mol. The van der Waals surface area contributed by atoms with E-state index in [1.54, 1.807) is 7.11 Å². The molecule has 0 saturated heterocycles. The number of carbonyl (C=O) groups excluding carboxylic acids is 1. The number of methoxy groups -OCH3 is 1. The smallest absolute Gasteiger partial charge is 0.217 e. The maximum Gasteiger partial charge on any atom is 0.217 e. The minimum atomic E-state index is -0.227. The molecule has 12 heavy (non-hydrogen) atoms. The summed E-state index contributed by atoms with van der Waals surface area (Å²) in [7, 11) is 3.68. The van der Waals surface area contributed by atoms with Crippen LogP contribution in [0.15, 0.2) is 0 Å². The van der Waals surface area contributed by atoms with Crippen LogP contribution in [-0.2, 0) is 9.53 Å². The molecule has 1 amide bonds. The highest BCUT2D eigenvalue weighted by Gasteiger charge is 1.98. The van der Waals surface area contributed by atoms with Crippen LogP contribution < -0.4 is 5.73 Å². The number of hydrogen-bond donors (Lipinski definition) is 1. The van der Waals surface area contributed by atoms with Crippen molar-refractivity contribution in [1.82, 2.24) is 4.90 Å². The van der Waals surface area contributed by atoms with Crippen molar-refractivity contribution in [2.24, 2.45) is 5.73 Å². The number of nitrogens with two attached hydrogens (primary N) is 1. The maximum absolute atomic E-state index is 10.4. The Bertz CT molecular complexity index is 128. The molecule has 0 aromatic rings. The van der Waals surface area contributed by atoms with E-state index in [1.165, 1.54) is 0 Å². The summed E-state index contributed by atoms with van der Waals surface area (Å²) in [5, 5.41) is 0. The normalized spacial score (nSPS) is 10.6. The van der Waals surface area contributed by atoms with E-state index in [4.69, 9.17) is 10.5 Å². The topological polar surface area (TPSA) is 55.6 Å². The molecular weight excluding hydrogens is 156 g/mol. The Morgan fingerprint density at radius 1 is 1.50 bits per heavy atom. The first-order valence-corrected chi connectivity index (χ1v) is 4.12. The molecule has 0 spiro atoms. The molecular formula is C8H18N2O2. The van der Waals surface area contributed by atoms with Gasteiger partial charge in [-0.25, -0.2) is 0 Å². The molecule has 0 aliphatic rings. The second-order valence-electron chi connectivity index (χ2n) is 2.87. The number of carbonyl (C=O) groups is 1. The van der Waals surface area contributed by atoms with E-state index >= 15 is 0 Å². The van der Waals surface area contributed by atoms with Crippen LogP contribution in [0, 0.1) is 0 Å². The van der Waals surface area contributed by atoms with Crippen molar-refractivity contribution in [3.8, 4) is 0 Å². The summed E-state index contributed by atoms with van der Waals surface area (Å²) in [6.45, 7) is 2.52. The molecule has 0 aliphatic carbocycles. The molecule has 0 heterocycles. The zero-order valence-corrected chi connectivity index (χ0v) is 7.88. The third kappa shape index (κ3) is 7.50. The van der Waals surface area contributed by atoms with Gasteiger partial charge in [0.1, 0.15) is 0 Å². The molecule has 0 atom stereocenters. The van der Waals surface area contributed by atoms with Crippen LogP contribution in [0.4, 0.5) is 0 Å². The van der Waals surface area contributed by atoms with Crippen LogP contribution in [0.25, 0.3) is 0 Å². The van der Waals surface area contributed by atoms with E-state index in [-0.39, 0.29) is 5.91 Å². The van der Waals surface area contributed by atoms with Crippen LogP contribution in [0.5, 0.6) is 0 Å². The van der Waals surface area contributed by atoms with Crippen molar-refractivity contribution in [2.45, 2.75) is 12.8 Å². The lowest BCUT2D eigenvalue weighted by molar-refractivity contribution is -0.118. The van der Waals surface area contributed by atoms with Gasteiger partial charge in [-0.2, -0.15) is 0 Å². The van der Waals surface area contributed by atoms with Gasteiger partial charge in [0.2, 0.25) is 5.91 Å². The van der Waals surface area contributed by atoms with Gasteiger partial charge in [-0.1, -0.05) is 0 Å². The van der Waals surface area contributed by atoms with Crippen LogP contribution in [0.3, 0.4) is 0 Å². The fraction of sp³-hybridized carbons (Fsp3) is 0.875. The Kier molecular flexibility index (Phi) is 6.70. The number of rotatable bonds is 7. The third-order valence-corrected chi connectivity index (χ3v) is 1.64. The van der Waals surface area contributed by atoms with Crippen molar-refractivity contribution < 1.29 is 9.53 Å². The maximum atomic E-state index is 10.4. The molecule has 72 valence electrons. The van der Waals surface area contributed by atoms with Gasteiger partial charge in [0.25, 0.3) is 0 Å². The van der Waals surface area contributed by atoms with E-state index in [9.17, 15) is 4.79 Å². The first-order chi connectivity index (χ1) is 5.66. The SMILES string of the molecule is COCCN(C)CCCC(N)=O. The van der Waals surface area contributed by atoms with E-state index in [2.05, 4.69) is 4.90 Å². The van der Waals surface area contributed by atoms with Gasteiger partial charge in [0, 0.05) is 20.1 Å². The van der Waals surface area contributed by atoms with Crippen LogP contribution in [0.1, 0.15) is 12.8 Å². The number of likely N-dealkylation sites (N-methyl/N-ethyl adjacent to an activating group) is 1. The Balaban J connectivity index is 3.19. The lowest BCUT2D eigenvalue weighted by Crippen LogP contribution is -2.25. The largest absolute Gasteiger partial charge is 0.383 e. The second-order valence-corrected chi connectivity index (χ2v) is 2.87. The van der Waals surface area contributed by atoms with Crippen LogP contribution >= 0.6 is 0 Å². The molecule has 0 saturated carbocycles.